The average Bonchev–Trinajstić information content (AvgIpc) is 2.29. The summed E-state index contributed by atoms with van der Waals surface area (Å²) in [6.07, 6.45) is 7.18. The molecule has 0 spiro atoms. The maximum atomic E-state index is 11.6. The average molecular weight is 257 g/mol. The van der Waals surface area contributed by atoms with Crippen molar-refractivity contribution in [2.24, 2.45) is 5.92 Å². The van der Waals surface area contributed by atoms with Crippen LogP contribution in [0.3, 0.4) is 0 Å². The largest absolute Gasteiger partial charge is 0.480 e. The maximum Gasteiger partial charge on any atom is 0.326 e. The van der Waals surface area contributed by atoms with Crippen molar-refractivity contribution < 1.29 is 14.7 Å². The van der Waals surface area contributed by atoms with E-state index in [4.69, 9.17) is 5.11 Å². The molecule has 18 heavy (non-hydrogen) atoms. The standard InChI is InChI=1S/C14H27NO3/c1-4-5-6-7-8-9-10-12(16)15-13(11(2)3)14(17)18/h11,13H,4-10H2,1-3H3,(H,15,16)(H,17,18). The van der Waals surface area contributed by atoms with Gasteiger partial charge in [-0.15, -0.1) is 0 Å². The molecule has 0 aliphatic rings. The van der Waals surface area contributed by atoms with Crippen molar-refractivity contribution in [1.29, 1.82) is 0 Å². The summed E-state index contributed by atoms with van der Waals surface area (Å²) < 4.78 is 0. The van der Waals surface area contributed by atoms with Gasteiger partial charge in [0.05, 0.1) is 0 Å². The van der Waals surface area contributed by atoms with Crippen LogP contribution >= 0.6 is 0 Å². The molecule has 0 fully saturated rings. The molecule has 0 saturated heterocycles. The number of nitrogens with one attached hydrogen (secondary N) is 1. The molecule has 1 unspecified atom stereocenters. The molecular weight excluding hydrogens is 230 g/mol. The number of unbranched alkanes of at least 4 members (excludes halogenated alkanes) is 5. The fourth-order valence-electron chi connectivity index (χ4n) is 1.83. The molecule has 0 rings (SSSR count). The van der Waals surface area contributed by atoms with E-state index in [-0.39, 0.29) is 11.8 Å². The Morgan fingerprint density at radius 2 is 1.61 bits per heavy atom. The van der Waals surface area contributed by atoms with Gasteiger partial charge in [0.15, 0.2) is 0 Å². The molecule has 2 N–H and O–H groups in total. The Kier molecular flexibility index (Phi) is 9.33. The highest BCUT2D eigenvalue weighted by Crippen LogP contribution is 2.08. The van der Waals surface area contributed by atoms with Gasteiger partial charge in [-0.3, -0.25) is 4.79 Å². The van der Waals surface area contributed by atoms with E-state index in [0.29, 0.717) is 6.42 Å². The number of amides is 1. The number of carboxylic acid groups (broad SMARTS) is 1. The minimum atomic E-state index is -0.957. The molecule has 0 radical (unpaired) electrons. The lowest BCUT2D eigenvalue weighted by atomic mass is 10.0. The highest BCUT2D eigenvalue weighted by atomic mass is 16.4. The Morgan fingerprint density at radius 1 is 1.06 bits per heavy atom. The van der Waals surface area contributed by atoms with E-state index in [9.17, 15) is 9.59 Å². The van der Waals surface area contributed by atoms with Crippen molar-refractivity contribution in [3.63, 3.8) is 0 Å². The molecule has 4 heteroatoms. The van der Waals surface area contributed by atoms with Crippen LogP contribution in [-0.2, 0) is 9.59 Å². The van der Waals surface area contributed by atoms with E-state index < -0.39 is 12.0 Å². The molecule has 4 nitrogen and oxygen atoms in total. The number of carbonyl (C=O) groups excluding carboxylic acids is 1. The Bertz CT molecular complexity index is 251. The topological polar surface area (TPSA) is 66.4 Å². The fourth-order valence-corrected chi connectivity index (χ4v) is 1.83. The Balaban J connectivity index is 3.72. The van der Waals surface area contributed by atoms with Gasteiger partial charge in [0.1, 0.15) is 6.04 Å². The van der Waals surface area contributed by atoms with E-state index >= 15 is 0 Å². The quantitative estimate of drug-likeness (QED) is 0.591. The lowest BCUT2D eigenvalue weighted by molar-refractivity contribution is -0.143. The number of carboxylic acids is 1. The van der Waals surface area contributed by atoms with Gasteiger partial charge >= 0.3 is 5.97 Å². The predicted molar refractivity (Wildman–Crippen MR) is 72.4 cm³/mol. The van der Waals surface area contributed by atoms with Crippen LogP contribution in [0.5, 0.6) is 0 Å². The lowest BCUT2D eigenvalue weighted by Gasteiger charge is -2.17. The van der Waals surface area contributed by atoms with Gasteiger partial charge in [0, 0.05) is 6.42 Å². The Morgan fingerprint density at radius 3 is 2.11 bits per heavy atom. The summed E-state index contributed by atoms with van der Waals surface area (Å²) in [6, 6.07) is -0.766. The first-order valence-electron chi connectivity index (χ1n) is 7.01. The summed E-state index contributed by atoms with van der Waals surface area (Å²) in [7, 11) is 0. The van der Waals surface area contributed by atoms with Gasteiger partial charge in [0.2, 0.25) is 5.91 Å². The number of aliphatic carboxylic acids is 1. The van der Waals surface area contributed by atoms with Crippen LogP contribution in [0.25, 0.3) is 0 Å². The van der Waals surface area contributed by atoms with Gasteiger partial charge in [0.25, 0.3) is 0 Å². The number of hydrogen-bond acceptors (Lipinski definition) is 2. The van der Waals surface area contributed by atoms with Crippen molar-refractivity contribution in [2.75, 3.05) is 0 Å². The van der Waals surface area contributed by atoms with E-state index in [0.717, 1.165) is 19.3 Å². The fraction of sp³-hybridized carbons (Fsp3) is 0.857. The smallest absolute Gasteiger partial charge is 0.326 e. The summed E-state index contributed by atoms with van der Waals surface area (Å²) in [4.78, 5) is 22.5. The Hall–Kier alpha value is -1.06. The maximum absolute atomic E-state index is 11.6. The van der Waals surface area contributed by atoms with Crippen LogP contribution in [0.4, 0.5) is 0 Å². The number of hydrogen-bond donors (Lipinski definition) is 2. The predicted octanol–water partition coefficient (Wildman–Crippen LogP) is 2.96. The van der Waals surface area contributed by atoms with E-state index in [2.05, 4.69) is 12.2 Å². The van der Waals surface area contributed by atoms with Crippen LogP contribution in [-0.4, -0.2) is 23.0 Å². The molecule has 0 bridgehead atoms. The summed E-state index contributed by atoms with van der Waals surface area (Å²) >= 11 is 0. The van der Waals surface area contributed by atoms with Crippen molar-refractivity contribution >= 4 is 11.9 Å². The van der Waals surface area contributed by atoms with Crippen LogP contribution in [0.2, 0.25) is 0 Å². The molecule has 1 amide bonds. The third kappa shape index (κ3) is 8.09. The minimum Gasteiger partial charge on any atom is -0.480 e. The van der Waals surface area contributed by atoms with Crippen molar-refractivity contribution in [3.05, 3.63) is 0 Å². The molecule has 0 aliphatic heterocycles. The second kappa shape index (κ2) is 9.92. The van der Waals surface area contributed by atoms with Crippen LogP contribution in [0, 0.1) is 5.92 Å². The molecule has 1 atom stereocenters. The van der Waals surface area contributed by atoms with Crippen LogP contribution < -0.4 is 5.32 Å². The van der Waals surface area contributed by atoms with Crippen molar-refractivity contribution in [2.45, 2.75) is 71.8 Å². The summed E-state index contributed by atoms with van der Waals surface area (Å²) in [5, 5.41) is 11.5. The SMILES string of the molecule is CCCCCCCCC(=O)NC(C(=O)O)C(C)C. The summed E-state index contributed by atoms with van der Waals surface area (Å²) in [6.45, 7) is 5.76. The van der Waals surface area contributed by atoms with Gasteiger partial charge in [-0.25, -0.2) is 4.79 Å². The van der Waals surface area contributed by atoms with Crippen LogP contribution in [0.1, 0.15) is 65.7 Å². The van der Waals surface area contributed by atoms with Crippen LogP contribution in [0.15, 0.2) is 0 Å². The first-order chi connectivity index (χ1) is 8.49. The van der Waals surface area contributed by atoms with Gasteiger partial charge < -0.3 is 10.4 Å². The van der Waals surface area contributed by atoms with Crippen molar-refractivity contribution in [1.82, 2.24) is 5.32 Å². The monoisotopic (exact) mass is 257 g/mol. The number of rotatable bonds is 10. The molecule has 0 aliphatic carbocycles. The van der Waals surface area contributed by atoms with Gasteiger partial charge in [-0.1, -0.05) is 52.9 Å². The number of carbonyl (C=O) groups is 2. The van der Waals surface area contributed by atoms with E-state index in [1.54, 1.807) is 13.8 Å². The molecule has 0 aromatic rings. The zero-order valence-electron chi connectivity index (χ0n) is 11.9. The molecule has 0 aromatic heterocycles. The van der Waals surface area contributed by atoms with Gasteiger partial charge in [-0.2, -0.15) is 0 Å². The van der Waals surface area contributed by atoms with Gasteiger partial charge in [-0.05, 0) is 12.3 Å². The van der Waals surface area contributed by atoms with E-state index in [1.165, 1.54) is 19.3 Å². The van der Waals surface area contributed by atoms with Crippen molar-refractivity contribution in [3.8, 4) is 0 Å². The highest BCUT2D eigenvalue weighted by Gasteiger charge is 2.22. The lowest BCUT2D eigenvalue weighted by Crippen LogP contribution is -2.44. The first kappa shape index (κ1) is 16.9. The zero-order valence-corrected chi connectivity index (χ0v) is 11.9. The molecule has 0 saturated carbocycles. The molecular formula is C14H27NO3. The summed E-state index contributed by atoms with van der Waals surface area (Å²) in [5.74, 6) is -1.19. The highest BCUT2D eigenvalue weighted by molar-refractivity contribution is 5.83. The molecule has 0 aromatic carbocycles. The second-order valence-electron chi connectivity index (χ2n) is 5.15. The van der Waals surface area contributed by atoms with E-state index in [1.807, 2.05) is 0 Å². The third-order valence-electron chi connectivity index (χ3n) is 3.01. The first-order valence-corrected chi connectivity index (χ1v) is 7.01. The second-order valence-corrected chi connectivity index (χ2v) is 5.15. The third-order valence-corrected chi connectivity index (χ3v) is 3.01. The summed E-state index contributed by atoms with van der Waals surface area (Å²) in [5.41, 5.74) is 0. The zero-order chi connectivity index (χ0) is 14.0. The minimum absolute atomic E-state index is 0.0870. The Labute approximate surface area is 110 Å². The molecule has 0 heterocycles. The normalized spacial score (nSPS) is 12.4. The molecule has 106 valence electrons.